The summed E-state index contributed by atoms with van der Waals surface area (Å²) in [4.78, 5) is 0. The van der Waals surface area contributed by atoms with Crippen molar-refractivity contribution in [3.05, 3.63) is 60.2 Å². The third-order valence-corrected chi connectivity index (χ3v) is 2.31. The first kappa shape index (κ1) is 12.4. The Hall–Kier alpha value is -2.10. The van der Waals surface area contributed by atoms with Crippen LogP contribution in [0, 0.1) is 11.6 Å². The van der Waals surface area contributed by atoms with E-state index in [0.717, 1.165) is 11.8 Å². The van der Waals surface area contributed by atoms with Crippen molar-refractivity contribution in [2.75, 3.05) is 18.5 Å². The van der Waals surface area contributed by atoms with Gasteiger partial charge in [0.05, 0.1) is 0 Å². The number of benzene rings is 2. The highest BCUT2D eigenvalue weighted by Crippen LogP contribution is 2.12. The molecule has 0 spiro atoms. The molecule has 0 bridgehead atoms. The highest BCUT2D eigenvalue weighted by Gasteiger charge is 1.99. The molecule has 2 aromatic carbocycles. The fourth-order valence-corrected chi connectivity index (χ4v) is 1.54. The van der Waals surface area contributed by atoms with E-state index in [1.165, 1.54) is 12.1 Å². The van der Waals surface area contributed by atoms with E-state index in [9.17, 15) is 8.78 Å². The van der Waals surface area contributed by atoms with Gasteiger partial charge in [0.15, 0.2) is 0 Å². The minimum absolute atomic E-state index is 0.407. The van der Waals surface area contributed by atoms with Crippen molar-refractivity contribution in [3.8, 4) is 5.75 Å². The van der Waals surface area contributed by atoms with Gasteiger partial charge in [0.25, 0.3) is 0 Å². The lowest BCUT2D eigenvalue weighted by Gasteiger charge is -2.08. The van der Waals surface area contributed by atoms with E-state index in [1.54, 1.807) is 0 Å². The molecule has 1 N–H and O–H groups in total. The van der Waals surface area contributed by atoms with Crippen molar-refractivity contribution < 1.29 is 13.5 Å². The van der Waals surface area contributed by atoms with Gasteiger partial charge < -0.3 is 10.1 Å². The van der Waals surface area contributed by atoms with E-state index < -0.39 is 11.6 Å². The lowest BCUT2D eigenvalue weighted by atomic mass is 10.3. The van der Waals surface area contributed by atoms with Crippen LogP contribution in [0.5, 0.6) is 5.75 Å². The summed E-state index contributed by atoms with van der Waals surface area (Å²) < 4.78 is 31.2. The van der Waals surface area contributed by atoms with Gasteiger partial charge in [-0.1, -0.05) is 18.2 Å². The van der Waals surface area contributed by atoms with Gasteiger partial charge in [-0.3, -0.25) is 0 Å². The minimum atomic E-state index is -0.596. The molecular formula is C14H13F2NO. The summed E-state index contributed by atoms with van der Waals surface area (Å²) in [6.45, 7) is 0.889. The van der Waals surface area contributed by atoms with Crippen molar-refractivity contribution in [3.63, 3.8) is 0 Å². The molecule has 0 heterocycles. The molecule has 0 saturated carbocycles. The predicted octanol–water partition coefficient (Wildman–Crippen LogP) is 3.46. The van der Waals surface area contributed by atoms with Crippen molar-refractivity contribution in [1.82, 2.24) is 0 Å². The number of anilines is 1. The predicted molar refractivity (Wildman–Crippen MR) is 66.8 cm³/mol. The van der Waals surface area contributed by atoms with Crippen LogP contribution in [-0.4, -0.2) is 13.2 Å². The molecule has 0 aliphatic heterocycles. The first-order valence-electron chi connectivity index (χ1n) is 5.62. The van der Waals surface area contributed by atoms with Crippen LogP contribution in [0.3, 0.4) is 0 Å². The monoisotopic (exact) mass is 249 g/mol. The molecule has 2 rings (SSSR count). The molecule has 2 aromatic rings. The van der Waals surface area contributed by atoms with E-state index in [1.807, 2.05) is 30.3 Å². The SMILES string of the molecule is Fc1cc(F)cc(NCCOc2ccccc2)c1. The Morgan fingerprint density at radius 1 is 0.944 bits per heavy atom. The Kier molecular flexibility index (Phi) is 4.12. The second-order valence-electron chi connectivity index (χ2n) is 3.75. The van der Waals surface area contributed by atoms with E-state index >= 15 is 0 Å². The summed E-state index contributed by atoms with van der Waals surface area (Å²) in [6, 6.07) is 12.7. The fraction of sp³-hybridized carbons (Fsp3) is 0.143. The third-order valence-electron chi connectivity index (χ3n) is 2.31. The van der Waals surface area contributed by atoms with Crippen LogP contribution in [0.2, 0.25) is 0 Å². The maximum Gasteiger partial charge on any atom is 0.128 e. The summed E-state index contributed by atoms with van der Waals surface area (Å²) in [6.07, 6.45) is 0. The molecule has 0 fully saturated rings. The Balaban J connectivity index is 1.78. The van der Waals surface area contributed by atoms with Gasteiger partial charge >= 0.3 is 0 Å². The Morgan fingerprint density at radius 2 is 1.61 bits per heavy atom. The molecule has 4 heteroatoms. The lowest BCUT2D eigenvalue weighted by molar-refractivity contribution is 0.333. The number of nitrogens with one attached hydrogen (secondary N) is 1. The summed E-state index contributed by atoms with van der Waals surface area (Å²) >= 11 is 0. The van der Waals surface area contributed by atoms with Gasteiger partial charge in [0.1, 0.15) is 24.0 Å². The average Bonchev–Trinajstić information content (AvgIpc) is 2.35. The molecule has 0 unspecified atom stereocenters. The van der Waals surface area contributed by atoms with Crippen molar-refractivity contribution in [2.45, 2.75) is 0 Å². The first-order chi connectivity index (χ1) is 8.74. The van der Waals surface area contributed by atoms with Crippen LogP contribution in [0.25, 0.3) is 0 Å². The standard InChI is InChI=1S/C14H13F2NO/c15-11-8-12(16)10-13(9-11)17-6-7-18-14-4-2-1-3-5-14/h1-5,8-10,17H,6-7H2. The van der Waals surface area contributed by atoms with Crippen LogP contribution < -0.4 is 10.1 Å². The number of rotatable bonds is 5. The van der Waals surface area contributed by atoms with Gasteiger partial charge in [-0.25, -0.2) is 8.78 Å². The molecule has 0 atom stereocenters. The molecule has 0 saturated heterocycles. The molecule has 0 aliphatic carbocycles. The topological polar surface area (TPSA) is 21.3 Å². The van der Waals surface area contributed by atoms with Gasteiger partial charge in [0, 0.05) is 18.3 Å². The van der Waals surface area contributed by atoms with Gasteiger partial charge in [-0.2, -0.15) is 0 Å². The smallest absolute Gasteiger partial charge is 0.128 e. The van der Waals surface area contributed by atoms with Crippen LogP contribution in [0.1, 0.15) is 0 Å². The van der Waals surface area contributed by atoms with Crippen molar-refractivity contribution >= 4 is 5.69 Å². The number of para-hydroxylation sites is 1. The largest absolute Gasteiger partial charge is 0.492 e. The van der Waals surface area contributed by atoms with Gasteiger partial charge in [-0.05, 0) is 24.3 Å². The second kappa shape index (κ2) is 6.00. The summed E-state index contributed by atoms with van der Waals surface area (Å²) in [7, 11) is 0. The molecule has 0 amide bonds. The van der Waals surface area contributed by atoms with E-state index in [-0.39, 0.29) is 0 Å². The van der Waals surface area contributed by atoms with Crippen LogP contribution >= 0.6 is 0 Å². The Labute approximate surface area is 104 Å². The lowest BCUT2D eigenvalue weighted by Crippen LogP contribution is -2.11. The zero-order chi connectivity index (χ0) is 12.8. The van der Waals surface area contributed by atoms with Crippen LogP contribution in [-0.2, 0) is 0 Å². The number of halogens is 2. The molecule has 2 nitrogen and oxygen atoms in total. The molecular weight excluding hydrogens is 236 g/mol. The van der Waals surface area contributed by atoms with E-state index in [2.05, 4.69) is 5.32 Å². The summed E-state index contributed by atoms with van der Waals surface area (Å²) in [5.74, 6) is -0.423. The van der Waals surface area contributed by atoms with Crippen molar-refractivity contribution in [2.24, 2.45) is 0 Å². The normalized spacial score (nSPS) is 10.1. The first-order valence-corrected chi connectivity index (χ1v) is 5.62. The molecule has 94 valence electrons. The molecule has 0 radical (unpaired) electrons. The van der Waals surface area contributed by atoms with E-state index in [0.29, 0.717) is 18.8 Å². The van der Waals surface area contributed by atoms with Crippen LogP contribution in [0.15, 0.2) is 48.5 Å². The van der Waals surface area contributed by atoms with Gasteiger partial charge in [0.2, 0.25) is 0 Å². The number of hydrogen-bond donors (Lipinski definition) is 1. The Morgan fingerprint density at radius 3 is 2.28 bits per heavy atom. The summed E-state index contributed by atoms with van der Waals surface area (Å²) in [5, 5.41) is 2.89. The summed E-state index contributed by atoms with van der Waals surface area (Å²) in [5.41, 5.74) is 0.407. The molecule has 0 aliphatic rings. The quantitative estimate of drug-likeness (QED) is 0.819. The average molecular weight is 249 g/mol. The maximum absolute atomic E-state index is 12.9. The third kappa shape index (κ3) is 3.73. The second-order valence-corrected chi connectivity index (χ2v) is 3.75. The maximum atomic E-state index is 12.9. The van der Waals surface area contributed by atoms with E-state index in [4.69, 9.17) is 4.74 Å². The van der Waals surface area contributed by atoms with Crippen molar-refractivity contribution in [1.29, 1.82) is 0 Å². The number of hydrogen-bond acceptors (Lipinski definition) is 2. The fourth-order valence-electron chi connectivity index (χ4n) is 1.54. The number of ether oxygens (including phenoxy) is 1. The zero-order valence-electron chi connectivity index (χ0n) is 9.70. The van der Waals surface area contributed by atoms with Gasteiger partial charge in [-0.15, -0.1) is 0 Å². The molecule has 0 aromatic heterocycles. The van der Waals surface area contributed by atoms with Crippen LogP contribution in [0.4, 0.5) is 14.5 Å². The minimum Gasteiger partial charge on any atom is -0.492 e. The zero-order valence-corrected chi connectivity index (χ0v) is 9.70. The highest BCUT2D eigenvalue weighted by atomic mass is 19.1. The highest BCUT2D eigenvalue weighted by molar-refractivity contribution is 5.43. The molecule has 18 heavy (non-hydrogen) atoms. The Bertz CT molecular complexity index is 482.